The van der Waals surface area contributed by atoms with Crippen molar-refractivity contribution in [3.63, 3.8) is 0 Å². The van der Waals surface area contributed by atoms with Crippen LogP contribution >= 0.6 is 0 Å². The predicted molar refractivity (Wildman–Crippen MR) is 138 cm³/mol. The molecule has 0 N–H and O–H groups in total. The second-order valence-corrected chi connectivity index (χ2v) is 9.45. The van der Waals surface area contributed by atoms with Gasteiger partial charge in [0.25, 0.3) is 0 Å². The minimum absolute atomic E-state index is 0.713. The Morgan fingerprint density at radius 3 is 1.67 bits per heavy atom. The molecule has 6 heteroatoms. The van der Waals surface area contributed by atoms with Gasteiger partial charge in [0.2, 0.25) is 12.7 Å². The minimum atomic E-state index is 0.713. The molecule has 0 fully saturated rings. The van der Waals surface area contributed by atoms with E-state index >= 15 is 0 Å². The molecule has 0 saturated heterocycles. The number of rotatable bonds is 1. The highest BCUT2D eigenvalue weighted by molar-refractivity contribution is 5.72. The topological polar surface area (TPSA) is 39.7 Å². The lowest BCUT2D eigenvalue weighted by Crippen LogP contribution is -2.35. The van der Waals surface area contributed by atoms with Crippen LogP contribution < -0.4 is 13.9 Å². The number of nitrogens with zero attached hydrogens (tertiary/aromatic N) is 5. The van der Waals surface area contributed by atoms with Gasteiger partial charge in [0.05, 0.1) is 18.5 Å². The van der Waals surface area contributed by atoms with Crippen LogP contribution in [0.3, 0.4) is 0 Å². The van der Waals surface area contributed by atoms with Crippen LogP contribution in [0.4, 0.5) is 0 Å². The van der Waals surface area contributed by atoms with Gasteiger partial charge < -0.3 is 4.74 Å². The largest absolute Gasteiger partial charge is 0.496 e. The van der Waals surface area contributed by atoms with E-state index in [9.17, 15) is 0 Å². The van der Waals surface area contributed by atoms with Crippen molar-refractivity contribution in [2.75, 3.05) is 7.11 Å². The number of pyridine rings is 1. The van der Waals surface area contributed by atoms with Gasteiger partial charge in [-0.2, -0.15) is 0 Å². The standard InChI is InChI=1S/C30H27N5O/c1-36-30-22-8-6-9-23(30)17-33-21-35(29-15-5-3-13-27(29)33)19-25-11-7-10-24(31-25)18-34-20-32(16-22)26-12-2-4-14-28(26)34/h2-15,20-21H,16-19H2,1H3/q+2. The van der Waals surface area contributed by atoms with Gasteiger partial charge in [0.1, 0.15) is 31.9 Å². The van der Waals surface area contributed by atoms with Crippen LogP contribution in [0.25, 0.3) is 22.1 Å². The van der Waals surface area contributed by atoms with Crippen molar-refractivity contribution < 1.29 is 13.9 Å². The van der Waals surface area contributed by atoms with E-state index in [2.05, 4.69) is 116 Å². The molecular formula is C30H27N5O+2. The van der Waals surface area contributed by atoms with Gasteiger partial charge in [-0.3, -0.25) is 0 Å². The minimum Gasteiger partial charge on any atom is -0.496 e. The summed E-state index contributed by atoms with van der Waals surface area (Å²) < 4.78 is 15.2. The number of imidazole rings is 2. The Bertz CT molecular complexity index is 1630. The fraction of sp³-hybridized carbons (Fsp3) is 0.167. The first-order valence-electron chi connectivity index (χ1n) is 12.3. The lowest BCUT2D eigenvalue weighted by Gasteiger charge is -2.12. The number of hydrogen-bond acceptors (Lipinski definition) is 2. The van der Waals surface area contributed by atoms with Crippen molar-refractivity contribution in [2.45, 2.75) is 26.2 Å². The summed E-state index contributed by atoms with van der Waals surface area (Å²) in [4.78, 5) is 5.05. The third-order valence-electron chi connectivity index (χ3n) is 7.15. The summed E-state index contributed by atoms with van der Waals surface area (Å²) in [5, 5.41) is 0. The van der Waals surface area contributed by atoms with Crippen molar-refractivity contribution in [1.82, 2.24) is 14.1 Å². The number of methoxy groups -OCH3 is 1. The average Bonchev–Trinajstić information content (AvgIpc) is 3.42. The first-order chi connectivity index (χ1) is 17.8. The maximum atomic E-state index is 6.03. The highest BCUT2D eigenvalue weighted by Gasteiger charge is 2.22. The first-order valence-corrected chi connectivity index (χ1v) is 12.3. The molecule has 0 saturated carbocycles. The number of para-hydroxylation sites is 5. The second kappa shape index (κ2) is 8.34. The summed E-state index contributed by atoms with van der Waals surface area (Å²) >= 11 is 0. The Hall–Kier alpha value is -4.45. The predicted octanol–water partition coefficient (Wildman–Crippen LogP) is 4.08. The molecule has 0 radical (unpaired) electrons. The monoisotopic (exact) mass is 473 g/mol. The van der Waals surface area contributed by atoms with Crippen LogP contribution in [0.2, 0.25) is 0 Å². The molecule has 0 unspecified atom stereocenters. The number of hydrogen-bond donors (Lipinski definition) is 0. The SMILES string of the molecule is COc1c2cccc1C[n+]1cn(c3ccccc31)Cc1cccc(n1)Cn1c[n+](c3ccccc31)C2. The molecule has 8 bridgehead atoms. The van der Waals surface area contributed by atoms with Crippen LogP contribution in [0.15, 0.2) is 97.6 Å². The van der Waals surface area contributed by atoms with Crippen molar-refractivity contribution in [3.8, 4) is 5.75 Å². The maximum Gasteiger partial charge on any atom is 0.245 e. The van der Waals surface area contributed by atoms with Gasteiger partial charge >= 0.3 is 0 Å². The van der Waals surface area contributed by atoms with Gasteiger partial charge in [-0.15, -0.1) is 0 Å². The summed E-state index contributed by atoms with van der Waals surface area (Å²) in [6.45, 7) is 2.88. The van der Waals surface area contributed by atoms with Gasteiger partial charge in [0, 0.05) is 11.1 Å². The molecule has 7 rings (SSSR count). The third kappa shape index (κ3) is 3.45. The Labute approximate surface area is 209 Å². The summed E-state index contributed by atoms with van der Waals surface area (Å²) in [6.07, 6.45) is 4.41. The molecule has 1 aliphatic rings. The zero-order chi connectivity index (χ0) is 24.1. The summed E-state index contributed by atoms with van der Waals surface area (Å²) in [6, 6.07) is 30.0. The van der Waals surface area contributed by atoms with Crippen molar-refractivity contribution >= 4 is 22.1 Å². The quantitative estimate of drug-likeness (QED) is 0.337. The molecule has 0 aliphatic carbocycles. The molecule has 6 aromatic rings. The van der Waals surface area contributed by atoms with Crippen LogP contribution in [-0.2, 0) is 26.2 Å². The Balaban J connectivity index is 1.46. The van der Waals surface area contributed by atoms with E-state index in [1.165, 1.54) is 33.2 Å². The number of aromatic nitrogens is 5. The molecule has 6 nitrogen and oxygen atoms in total. The van der Waals surface area contributed by atoms with Crippen LogP contribution in [0.5, 0.6) is 5.75 Å². The van der Waals surface area contributed by atoms with Crippen molar-refractivity contribution in [1.29, 1.82) is 0 Å². The van der Waals surface area contributed by atoms with Gasteiger partial charge in [-0.05, 0) is 36.4 Å². The van der Waals surface area contributed by atoms with E-state index in [4.69, 9.17) is 9.72 Å². The van der Waals surface area contributed by atoms with Crippen LogP contribution in [0.1, 0.15) is 22.5 Å². The molecule has 0 amide bonds. The Kier molecular flexibility index (Phi) is 4.84. The van der Waals surface area contributed by atoms with Crippen LogP contribution in [0, 0.1) is 0 Å². The Morgan fingerprint density at radius 2 is 1.14 bits per heavy atom. The van der Waals surface area contributed by atoms with Crippen LogP contribution in [-0.4, -0.2) is 21.2 Å². The summed E-state index contributed by atoms with van der Waals surface area (Å²) in [7, 11) is 1.78. The fourth-order valence-electron chi connectivity index (χ4n) is 5.56. The summed E-state index contributed by atoms with van der Waals surface area (Å²) in [5.41, 5.74) is 9.22. The third-order valence-corrected chi connectivity index (χ3v) is 7.15. The molecule has 36 heavy (non-hydrogen) atoms. The maximum absolute atomic E-state index is 6.03. The lowest BCUT2D eigenvalue weighted by molar-refractivity contribution is -0.664. The highest BCUT2D eigenvalue weighted by Crippen LogP contribution is 2.25. The zero-order valence-electron chi connectivity index (χ0n) is 20.2. The molecule has 176 valence electrons. The van der Waals surface area contributed by atoms with Crippen molar-refractivity contribution in [2.24, 2.45) is 0 Å². The van der Waals surface area contributed by atoms with E-state index in [1.54, 1.807) is 7.11 Å². The molecule has 3 aromatic carbocycles. The normalized spacial score (nSPS) is 13.2. The van der Waals surface area contributed by atoms with E-state index in [0.717, 1.165) is 30.2 Å². The molecule has 1 aliphatic heterocycles. The number of benzene rings is 3. The summed E-state index contributed by atoms with van der Waals surface area (Å²) in [5.74, 6) is 0.949. The number of fused-ring (bicyclic) bond motifs is 14. The van der Waals surface area contributed by atoms with Gasteiger partial charge in [0.15, 0.2) is 22.1 Å². The van der Waals surface area contributed by atoms with Gasteiger partial charge in [-0.25, -0.2) is 23.3 Å². The molecule has 3 aromatic heterocycles. The molecule has 0 atom stereocenters. The Morgan fingerprint density at radius 1 is 0.639 bits per heavy atom. The smallest absolute Gasteiger partial charge is 0.245 e. The molecular weight excluding hydrogens is 446 g/mol. The van der Waals surface area contributed by atoms with E-state index in [1.807, 2.05) is 0 Å². The fourth-order valence-corrected chi connectivity index (χ4v) is 5.56. The highest BCUT2D eigenvalue weighted by atomic mass is 16.5. The second-order valence-electron chi connectivity index (χ2n) is 9.45. The van der Waals surface area contributed by atoms with E-state index < -0.39 is 0 Å². The first kappa shape index (κ1) is 20.9. The molecule has 4 heterocycles. The molecule has 0 spiro atoms. The zero-order valence-corrected chi connectivity index (χ0v) is 20.2. The van der Waals surface area contributed by atoms with E-state index in [-0.39, 0.29) is 0 Å². The van der Waals surface area contributed by atoms with Crippen molar-refractivity contribution in [3.05, 3.63) is 120 Å². The average molecular weight is 474 g/mol. The number of ether oxygens (including phenoxy) is 1. The lowest BCUT2D eigenvalue weighted by atomic mass is 10.1. The van der Waals surface area contributed by atoms with Gasteiger partial charge in [-0.1, -0.05) is 48.5 Å². The van der Waals surface area contributed by atoms with E-state index in [0.29, 0.717) is 13.1 Å².